The molecule has 1 unspecified atom stereocenters. The number of methoxy groups -OCH3 is 1. The maximum absolute atomic E-state index is 8.51. The van der Waals surface area contributed by atoms with Crippen LogP contribution in [0.5, 0.6) is 5.75 Å². The normalized spacial score (nSPS) is 17.9. The summed E-state index contributed by atoms with van der Waals surface area (Å²) in [5, 5.41) is 11.9. The Hall–Kier alpha value is -1.53. The Bertz CT molecular complexity index is 409. The van der Waals surface area contributed by atoms with Crippen molar-refractivity contribution in [2.45, 2.75) is 25.3 Å². The largest absolute Gasteiger partial charge is 0.497 e. The molecular formula is C13H16N2O. The topological polar surface area (TPSA) is 45.0 Å². The van der Waals surface area contributed by atoms with Gasteiger partial charge in [-0.3, -0.25) is 0 Å². The molecular weight excluding hydrogens is 200 g/mol. The average molecular weight is 216 g/mol. The Morgan fingerprint density at radius 1 is 1.56 bits per heavy atom. The van der Waals surface area contributed by atoms with E-state index >= 15 is 0 Å². The van der Waals surface area contributed by atoms with Gasteiger partial charge in [0.2, 0.25) is 0 Å². The van der Waals surface area contributed by atoms with E-state index < -0.39 is 0 Å². The SMILES string of the molecule is COc1ccc2c(c1)C(NCCC#N)CC2. The number of hydrogen-bond acceptors (Lipinski definition) is 3. The number of fused-ring (bicyclic) bond motifs is 1. The summed E-state index contributed by atoms with van der Waals surface area (Å²) in [5.74, 6) is 0.910. The third-order valence-corrected chi connectivity index (χ3v) is 3.06. The molecule has 3 heteroatoms. The van der Waals surface area contributed by atoms with Gasteiger partial charge in [-0.05, 0) is 36.1 Å². The van der Waals surface area contributed by atoms with Crippen LogP contribution >= 0.6 is 0 Å². The van der Waals surface area contributed by atoms with Crippen molar-refractivity contribution in [3.05, 3.63) is 29.3 Å². The lowest BCUT2D eigenvalue weighted by Crippen LogP contribution is -2.20. The Labute approximate surface area is 96.0 Å². The number of nitrogens with one attached hydrogen (secondary N) is 1. The highest BCUT2D eigenvalue weighted by molar-refractivity contribution is 5.40. The van der Waals surface area contributed by atoms with E-state index in [1.807, 2.05) is 6.07 Å². The molecule has 0 bridgehead atoms. The van der Waals surface area contributed by atoms with E-state index in [9.17, 15) is 0 Å². The second-order valence-electron chi connectivity index (χ2n) is 4.02. The van der Waals surface area contributed by atoms with Gasteiger partial charge in [-0.15, -0.1) is 0 Å². The fourth-order valence-corrected chi connectivity index (χ4v) is 2.22. The molecule has 1 aromatic carbocycles. The average Bonchev–Trinajstić information content (AvgIpc) is 2.72. The van der Waals surface area contributed by atoms with E-state index in [1.54, 1.807) is 7.11 Å². The number of hydrogen-bond donors (Lipinski definition) is 1. The van der Waals surface area contributed by atoms with Gasteiger partial charge in [0.1, 0.15) is 5.75 Å². The third-order valence-electron chi connectivity index (χ3n) is 3.06. The number of benzene rings is 1. The molecule has 1 aliphatic rings. The maximum atomic E-state index is 8.51. The molecule has 16 heavy (non-hydrogen) atoms. The van der Waals surface area contributed by atoms with Crippen LogP contribution in [-0.4, -0.2) is 13.7 Å². The van der Waals surface area contributed by atoms with Crippen molar-refractivity contribution in [2.24, 2.45) is 0 Å². The Morgan fingerprint density at radius 2 is 2.44 bits per heavy atom. The Morgan fingerprint density at radius 3 is 3.19 bits per heavy atom. The predicted molar refractivity (Wildman–Crippen MR) is 62.3 cm³/mol. The number of aryl methyl sites for hydroxylation is 1. The van der Waals surface area contributed by atoms with Gasteiger partial charge in [0.05, 0.1) is 13.2 Å². The van der Waals surface area contributed by atoms with Crippen LogP contribution in [0.2, 0.25) is 0 Å². The molecule has 0 saturated heterocycles. The van der Waals surface area contributed by atoms with Gasteiger partial charge in [0.25, 0.3) is 0 Å². The molecule has 0 saturated carbocycles. The summed E-state index contributed by atoms with van der Waals surface area (Å²) < 4.78 is 5.23. The van der Waals surface area contributed by atoms with Crippen molar-refractivity contribution in [2.75, 3.05) is 13.7 Å². The lowest BCUT2D eigenvalue weighted by atomic mass is 10.1. The van der Waals surface area contributed by atoms with Crippen molar-refractivity contribution < 1.29 is 4.74 Å². The summed E-state index contributed by atoms with van der Waals surface area (Å²) >= 11 is 0. The standard InChI is InChI=1S/C13H16N2O/c1-16-11-5-3-10-4-6-13(12(10)9-11)15-8-2-7-14/h3,5,9,13,15H,2,4,6,8H2,1H3. The van der Waals surface area contributed by atoms with Crippen LogP contribution in [0.25, 0.3) is 0 Å². The zero-order chi connectivity index (χ0) is 11.4. The molecule has 84 valence electrons. The molecule has 1 aliphatic carbocycles. The number of rotatable bonds is 4. The quantitative estimate of drug-likeness (QED) is 0.785. The van der Waals surface area contributed by atoms with Crippen molar-refractivity contribution in [1.82, 2.24) is 5.32 Å². The minimum Gasteiger partial charge on any atom is -0.497 e. The van der Waals surface area contributed by atoms with Gasteiger partial charge in [0, 0.05) is 19.0 Å². The van der Waals surface area contributed by atoms with Gasteiger partial charge in [0.15, 0.2) is 0 Å². The van der Waals surface area contributed by atoms with E-state index in [1.165, 1.54) is 11.1 Å². The second kappa shape index (κ2) is 5.00. The van der Waals surface area contributed by atoms with Crippen LogP contribution in [0, 0.1) is 11.3 Å². The monoisotopic (exact) mass is 216 g/mol. The van der Waals surface area contributed by atoms with E-state index in [-0.39, 0.29) is 0 Å². The molecule has 0 fully saturated rings. The first-order chi connectivity index (χ1) is 7.85. The summed E-state index contributed by atoms with van der Waals surface area (Å²) in [7, 11) is 1.69. The Balaban J connectivity index is 2.09. The summed E-state index contributed by atoms with van der Waals surface area (Å²) in [6, 6.07) is 8.79. The van der Waals surface area contributed by atoms with Crippen molar-refractivity contribution in [1.29, 1.82) is 5.26 Å². The van der Waals surface area contributed by atoms with Gasteiger partial charge in [-0.1, -0.05) is 6.07 Å². The second-order valence-corrected chi connectivity index (χ2v) is 4.02. The first-order valence-corrected chi connectivity index (χ1v) is 5.62. The van der Waals surface area contributed by atoms with Gasteiger partial charge < -0.3 is 10.1 Å². The fourth-order valence-electron chi connectivity index (χ4n) is 2.22. The Kier molecular flexibility index (Phi) is 3.43. The lowest BCUT2D eigenvalue weighted by Gasteiger charge is -2.13. The molecule has 1 N–H and O–H groups in total. The van der Waals surface area contributed by atoms with Crippen molar-refractivity contribution in [3.8, 4) is 11.8 Å². The van der Waals surface area contributed by atoms with E-state index in [0.29, 0.717) is 12.5 Å². The summed E-state index contributed by atoms with van der Waals surface area (Å²) in [5.41, 5.74) is 2.73. The van der Waals surface area contributed by atoms with Gasteiger partial charge in [-0.2, -0.15) is 5.26 Å². The predicted octanol–water partition coefficient (Wildman–Crippen LogP) is 2.19. The van der Waals surface area contributed by atoms with Gasteiger partial charge >= 0.3 is 0 Å². The summed E-state index contributed by atoms with van der Waals surface area (Å²) in [4.78, 5) is 0. The molecule has 3 nitrogen and oxygen atoms in total. The third kappa shape index (κ3) is 2.17. The summed E-state index contributed by atoms with van der Waals surface area (Å²) in [6.45, 7) is 0.762. The minimum atomic E-state index is 0.387. The van der Waals surface area contributed by atoms with Crippen LogP contribution in [0.1, 0.15) is 30.0 Å². The highest BCUT2D eigenvalue weighted by atomic mass is 16.5. The molecule has 0 radical (unpaired) electrons. The fraction of sp³-hybridized carbons (Fsp3) is 0.462. The summed E-state index contributed by atoms with van der Waals surface area (Å²) in [6.07, 6.45) is 2.80. The van der Waals surface area contributed by atoms with Crippen molar-refractivity contribution in [3.63, 3.8) is 0 Å². The molecule has 1 aromatic rings. The van der Waals surface area contributed by atoms with E-state index in [4.69, 9.17) is 10.00 Å². The van der Waals surface area contributed by atoms with Crippen LogP contribution < -0.4 is 10.1 Å². The highest BCUT2D eigenvalue weighted by Crippen LogP contribution is 2.33. The van der Waals surface area contributed by atoms with Crippen LogP contribution in [-0.2, 0) is 6.42 Å². The van der Waals surface area contributed by atoms with Crippen LogP contribution in [0.15, 0.2) is 18.2 Å². The maximum Gasteiger partial charge on any atom is 0.119 e. The first-order valence-electron chi connectivity index (χ1n) is 5.62. The van der Waals surface area contributed by atoms with Crippen LogP contribution in [0.3, 0.4) is 0 Å². The molecule has 0 aliphatic heterocycles. The van der Waals surface area contributed by atoms with E-state index in [0.717, 1.165) is 25.1 Å². The van der Waals surface area contributed by atoms with Crippen molar-refractivity contribution >= 4 is 0 Å². The smallest absolute Gasteiger partial charge is 0.119 e. The zero-order valence-corrected chi connectivity index (χ0v) is 9.49. The highest BCUT2D eigenvalue weighted by Gasteiger charge is 2.21. The lowest BCUT2D eigenvalue weighted by molar-refractivity contribution is 0.413. The number of ether oxygens (including phenoxy) is 1. The first kappa shape index (κ1) is 11.0. The zero-order valence-electron chi connectivity index (χ0n) is 9.49. The molecule has 1 atom stereocenters. The number of nitriles is 1. The van der Waals surface area contributed by atoms with Gasteiger partial charge in [-0.25, -0.2) is 0 Å². The molecule has 0 heterocycles. The number of nitrogens with zero attached hydrogens (tertiary/aromatic N) is 1. The minimum absolute atomic E-state index is 0.387. The molecule has 2 rings (SSSR count). The molecule has 0 spiro atoms. The molecule has 0 amide bonds. The van der Waals surface area contributed by atoms with Crippen LogP contribution in [0.4, 0.5) is 0 Å². The van der Waals surface area contributed by atoms with E-state index in [2.05, 4.69) is 23.5 Å². The molecule has 0 aromatic heterocycles.